The maximum atomic E-state index is 15.7. The molecule has 0 unspecified atom stereocenters. The number of nitrogens with one attached hydrogen (secondary N) is 2. The van der Waals surface area contributed by atoms with Crippen LogP contribution < -0.4 is 14.8 Å². The van der Waals surface area contributed by atoms with Gasteiger partial charge in [-0.1, -0.05) is 24.3 Å². The molecule has 17 heteroatoms. The van der Waals surface area contributed by atoms with Crippen molar-refractivity contribution in [1.29, 1.82) is 0 Å². The van der Waals surface area contributed by atoms with Crippen molar-refractivity contribution in [1.82, 2.24) is 19.9 Å². The fraction of sp³-hybridized carbons (Fsp3) is 0.375. The molecule has 0 spiro atoms. The predicted octanol–water partition coefficient (Wildman–Crippen LogP) is 7.00. The fourth-order valence-electron chi connectivity index (χ4n) is 5.29. The van der Waals surface area contributed by atoms with Gasteiger partial charge in [-0.2, -0.15) is 13.2 Å². The van der Waals surface area contributed by atoms with Gasteiger partial charge >= 0.3 is 12.3 Å². The standard InChI is InChI=1S/C32H33F5N6O5S/c1-18-25(34)26(42-49(45,46)17-32(35,36)37)21-8-5-6-9-22(21)27(18)47-28-23(10-7-12-38-28)24-11-13-39-29(41-24)40-20-14-19(33)15-43(16-20)30(44)48-31(2,3)4/h5-13,19-20,42H,14-17H2,1-4H3,(H,39,40,41)/t19-,20-/m0/s1. The smallest absolute Gasteiger partial charge is 0.410 e. The van der Waals surface area contributed by atoms with E-state index in [1.165, 1.54) is 42.4 Å². The van der Waals surface area contributed by atoms with Crippen LogP contribution in [0.25, 0.3) is 22.0 Å². The minimum absolute atomic E-state index is 0.0252. The molecule has 1 aliphatic rings. The number of hydrogen-bond acceptors (Lipinski definition) is 9. The van der Waals surface area contributed by atoms with Crippen LogP contribution in [0.3, 0.4) is 0 Å². The first-order valence-corrected chi connectivity index (χ1v) is 16.7. The normalized spacial score (nSPS) is 17.1. The molecular weight excluding hydrogens is 675 g/mol. The highest BCUT2D eigenvalue weighted by Crippen LogP contribution is 2.42. The highest BCUT2D eigenvalue weighted by Gasteiger charge is 2.36. The third-order valence-corrected chi connectivity index (χ3v) is 8.45. The number of ether oxygens (including phenoxy) is 2. The number of alkyl halides is 4. The van der Waals surface area contributed by atoms with E-state index in [1.54, 1.807) is 49.8 Å². The quantitative estimate of drug-likeness (QED) is 0.186. The number of nitrogens with zero attached hydrogens (tertiary/aromatic N) is 4. The molecule has 0 bridgehead atoms. The van der Waals surface area contributed by atoms with Crippen LogP contribution in [-0.2, 0) is 14.8 Å². The zero-order valence-electron chi connectivity index (χ0n) is 26.8. The summed E-state index contributed by atoms with van der Waals surface area (Å²) >= 11 is 0. The van der Waals surface area contributed by atoms with Crippen LogP contribution in [-0.4, -0.2) is 77.2 Å². The first-order chi connectivity index (χ1) is 22.9. The Morgan fingerprint density at radius 2 is 1.73 bits per heavy atom. The Kier molecular flexibility index (Phi) is 9.86. The molecule has 2 aromatic heterocycles. The number of sulfonamides is 1. The van der Waals surface area contributed by atoms with Gasteiger partial charge in [0.1, 0.15) is 17.5 Å². The van der Waals surface area contributed by atoms with E-state index in [-0.39, 0.29) is 53.4 Å². The summed E-state index contributed by atoms with van der Waals surface area (Å²) in [7, 11) is -5.01. The summed E-state index contributed by atoms with van der Waals surface area (Å²) in [4.78, 5) is 27.0. The summed E-state index contributed by atoms with van der Waals surface area (Å²) in [6.45, 7) is 6.47. The van der Waals surface area contributed by atoms with Crippen LogP contribution in [0, 0.1) is 12.7 Å². The number of amides is 1. The van der Waals surface area contributed by atoms with Crippen molar-refractivity contribution in [3.05, 3.63) is 66.2 Å². The lowest BCUT2D eigenvalue weighted by atomic mass is 10.0. The van der Waals surface area contributed by atoms with Gasteiger partial charge in [-0.25, -0.2) is 36.9 Å². The van der Waals surface area contributed by atoms with Crippen LogP contribution in [0.2, 0.25) is 0 Å². The van der Waals surface area contributed by atoms with Crippen molar-refractivity contribution in [2.45, 2.75) is 58.1 Å². The molecule has 5 rings (SSSR count). The van der Waals surface area contributed by atoms with E-state index in [2.05, 4.69) is 20.3 Å². The van der Waals surface area contributed by atoms with E-state index in [9.17, 15) is 30.8 Å². The molecule has 2 N–H and O–H groups in total. The summed E-state index contributed by atoms with van der Waals surface area (Å²) in [5, 5.41) is 3.22. The molecule has 11 nitrogen and oxygen atoms in total. The molecule has 1 saturated heterocycles. The van der Waals surface area contributed by atoms with Crippen LogP contribution in [0.4, 0.5) is 38.4 Å². The molecule has 0 aliphatic carbocycles. The summed E-state index contributed by atoms with van der Waals surface area (Å²) in [6, 6.07) is 10.1. The van der Waals surface area contributed by atoms with Crippen LogP contribution >= 0.6 is 0 Å². The maximum Gasteiger partial charge on any atom is 0.410 e. The van der Waals surface area contributed by atoms with E-state index in [4.69, 9.17) is 9.47 Å². The maximum absolute atomic E-state index is 15.7. The molecule has 4 aromatic rings. The second-order valence-electron chi connectivity index (χ2n) is 12.4. The van der Waals surface area contributed by atoms with Gasteiger partial charge in [0.2, 0.25) is 21.9 Å². The Morgan fingerprint density at radius 1 is 1.02 bits per heavy atom. The number of likely N-dealkylation sites (tertiary alicyclic amines) is 1. The van der Waals surface area contributed by atoms with E-state index >= 15 is 4.39 Å². The van der Waals surface area contributed by atoms with Crippen LogP contribution in [0.1, 0.15) is 32.8 Å². The van der Waals surface area contributed by atoms with Crippen molar-refractivity contribution in [2.24, 2.45) is 0 Å². The second kappa shape index (κ2) is 13.6. The lowest BCUT2D eigenvalue weighted by molar-refractivity contribution is -0.106. The van der Waals surface area contributed by atoms with Gasteiger partial charge in [-0.15, -0.1) is 0 Å². The van der Waals surface area contributed by atoms with E-state index in [0.717, 1.165) is 0 Å². The molecule has 262 valence electrons. The van der Waals surface area contributed by atoms with Gasteiger partial charge in [-0.3, -0.25) is 4.72 Å². The molecule has 2 aromatic carbocycles. The third kappa shape index (κ3) is 8.82. The van der Waals surface area contributed by atoms with E-state index in [1.807, 2.05) is 0 Å². The number of piperidine rings is 1. The van der Waals surface area contributed by atoms with Gasteiger partial charge in [0.25, 0.3) is 0 Å². The van der Waals surface area contributed by atoms with Gasteiger partial charge < -0.3 is 19.7 Å². The average Bonchev–Trinajstić information content (AvgIpc) is 2.99. The number of carbonyl (C=O) groups is 1. The van der Waals surface area contributed by atoms with Crippen molar-refractivity contribution >= 4 is 38.5 Å². The zero-order chi connectivity index (χ0) is 35.7. The van der Waals surface area contributed by atoms with Crippen LogP contribution in [0.5, 0.6) is 11.6 Å². The molecular formula is C32H33F5N6O5S. The molecule has 0 radical (unpaired) electrons. The summed E-state index contributed by atoms with van der Waals surface area (Å²) in [6.07, 6.45) is -4.04. The topological polar surface area (TPSA) is 136 Å². The number of hydrogen-bond donors (Lipinski definition) is 2. The number of anilines is 2. The number of rotatable bonds is 8. The predicted molar refractivity (Wildman–Crippen MR) is 172 cm³/mol. The summed E-state index contributed by atoms with van der Waals surface area (Å²) in [5.74, 6) is -3.29. The van der Waals surface area contributed by atoms with Crippen LogP contribution in [0.15, 0.2) is 54.9 Å². The third-order valence-electron chi connectivity index (χ3n) is 7.23. The van der Waals surface area contributed by atoms with Gasteiger partial charge in [0, 0.05) is 47.7 Å². The Labute approximate surface area is 278 Å². The minimum atomic E-state index is -5.05. The van der Waals surface area contributed by atoms with Crippen molar-refractivity contribution < 1.29 is 44.6 Å². The second-order valence-corrected chi connectivity index (χ2v) is 14.2. The number of halogens is 5. The molecule has 1 fully saturated rings. The Hall–Kier alpha value is -4.80. The number of benzene rings is 2. The molecule has 1 amide bonds. The molecule has 2 atom stereocenters. The lowest BCUT2D eigenvalue weighted by Gasteiger charge is -2.36. The first kappa shape index (κ1) is 35.5. The van der Waals surface area contributed by atoms with Crippen molar-refractivity contribution in [2.75, 3.05) is 28.9 Å². The largest absolute Gasteiger partial charge is 0.444 e. The SMILES string of the molecule is Cc1c(F)c(NS(=O)(=O)CC(F)(F)F)c2ccccc2c1Oc1ncccc1-c1ccnc(N[C@H]2C[C@H](F)CN(C(=O)OC(C)(C)C)C2)n1. The molecule has 3 heterocycles. The summed E-state index contributed by atoms with van der Waals surface area (Å²) < 4.78 is 107. The first-order valence-electron chi connectivity index (χ1n) is 15.0. The summed E-state index contributed by atoms with van der Waals surface area (Å²) in [5.41, 5.74) is -0.944. The van der Waals surface area contributed by atoms with E-state index in [0.29, 0.717) is 11.3 Å². The fourth-order valence-corrected chi connectivity index (χ4v) is 6.30. The average molecular weight is 709 g/mol. The highest BCUT2D eigenvalue weighted by molar-refractivity contribution is 7.92. The number of carbonyl (C=O) groups excluding carboxylic acids is 1. The zero-order valence-corrected chi connectivity index (χ0v) is 27.6. The molecule has 49 heavy (non-hydrogen) atoms. The Bertz CT molecular complexity index is 1970. The number of pyridine rings is 1. The monoisotopic (exact) mass is 708 g/mol. The lowest BCUT2D eigenvalue weighted by Crippen LogP contribution is -2.51. The Morgan fingerprint density at radius 3 is 2.43 bits per heavy atom. The Balaban J connectivity index is 1.44. The van der Waals surface area contributed by atoms with Crippen molar-refractivity contribution in [3.63, 3.8) is 0 Å². The number of aromatic nitrogens is 3. The van der Waals surface area contributed by atoms with E-state index < -0.39 is 57.4 Å². The van der Waals surface area contributed by atoms with Crippen molar-refractivity contribution in [3.8, 4) is 22.9 Å². The molecule has 1 aliphatic heterocycles. The number of fused-ring (bicyclic) bond motifs is 1. The minimum Gasteiger partial charge on any atom is -0.444 e. The highest BCUT2D eigenvalue weighted by atomic mass is 32.2. The van der Waals surface area contributed by atoms with Gasteiger partial charge in [0.15, 0.2) is 11.6 Å². The van der Waals surface area contributed by atoms with Gasteiger partial charge in [0.05, 0.1) is 23.5 Å². The van der Waals surface area contributed by atoms with Gasteiger partial charge in [-0.05, 0) is 45.9 Å². The molecule has 0 saturated carbocycles.